The molecule has 1 aliphatic rings. The number of fused-ring (bicyclic) bond motifs is 1. The van der Waals surface area contributed by atoms with Gasteiger partial charge in [0.05, 0.1) is 22.5 Å². The molecule has 3 aromatic rings. The summed E-state index contributed by atoms with van der Waals surface area (Å²) in [4.78, 5) is 38.7. The van der Waals surface area contributed by atoms with Gasteiger partial charge in [-0.3, -0.25) is 14.4 Å². The highest BCUT2D eigenvalue weighted by Gasteiger charge is 2.25. The molecule has 174 valence electrons. The number of rotatable bonds is 6. The third-order valence-corrected chi connectivity index (χ3v) is 6.47. The van der Waals surface area contributed by atoms with E-state index in [1.165, 1.54) is 4.68 Å². The van der Waals surface area contributed by atoms with Crippen molar-refractivity contribution >= 4 is 22.7 Å². The molecule has 4 rings (SSSR count). The summed E-state index contributed by atoms with van der Waals surface area (Å²) in [5.74, 6) is -0.406. The average molecular weight is 451 g/mol. The minimum atomic E-state index is -0.293. The highest BCUT2D eigenvalue weighted by molar-refractivity contribution is 5.83. The minimum absolute atomic E-state index is 0.0308. The quantitative estimate of drug-likeness (QED) is 0.617. The second kappa shape index (κ2) is 9.17. The molecule has 0 bridgehead atoms. The molecule has 2 N–H and O–H groups in total. The van der Waals surface area contributed by atoms with Gasteiger partial charge in [0.15, 0.2) is 5.52 Å². The van der Waals surface area contributed by atoms with Gasteiger partial charge in [-0.15, -0.1) is 0 Å². The number of hydrogen-bond donors (Lipinski definition) is 1. The van der Waals surface area contributed by atoms with Gasteiger partial charge in [0.1, 0.15) is 0 Å². The van der Waals surface area contributed by atoms with Gasteiger partial charge in [-0.1, -0.05) is 17.7 Å². The molecule has 0 radical (unpaired) electrons. The van der Waals surface area contributed by atoms with Crippen LogP contribution in [0.25, 0.3) is 16.6 Å². The SMILES string of the molecule is Cc1ccc(-n2nc3c(=O)n(CCCC(=O)N4CCC(C(N)=O)CC4)nc(C)c3c2C)cc1. The summed E-state index contributed by atoms with van der Waals surface area (Å²) in [5.41, 5.74) is 9.16. The van der Waals surface area contributed by atoms with Crippen LogP contribution in [-0.2, 0) is 16.1 Å². The Labute approximate surface area is 192 Å². The monoisotopic (exact) mass is 450 g/mol. The third-order valence-electron chi connectivity index (χ3n) is 6.47. The molecule has 2 aromatic heterocycles. The Morgan fingerprint density at radius 3 is 2.36 bits per heavy atom. The van der Waals surface area contributed by atoms with E-state index in [0.29, 0.717) is 50.8 Å². The van der Waals surface area contributed by atoms with Crippen LogP contribution in [0.15, 0.2) is 29.1 Å². The normalized spacial score (nSPS) is 14.7. The molecule has 0 unspecified atom stereocenters. The molecular weight excluding hydrogens is 420 g/mol. The van der Waals surface area contributed by atoms with E-state index in [-0.39, 0.29) is 23.3 Å². The van der Waals surface area contributed by atoms with E-state index in [0.717, 1.165) is 28.0 Å². The molecule has 9 heteroatoms. The van der Waals surface area contributed by atoms with Gasteiger partial charge in [0.2, 0.25) is 11.8 Å². The number of aryl methyl sites for hydroxylation is 4. The van der Waals surface area contributed by atoms with E-state index in [2.05, 4.69) is 10.2 Å². The fraction of sp³-hybridized carbons (Fsp3) is 0.458. The van der Waals surface area contributed by atoms with Crippen molar-refractivity contribution in [2.75, 3.05) is 13.1 Å². The Balaban J connectivity index is 1.47. The van der Waals surface area contributed by atoms with Crippen molar-refractivity contribution in [3.8, 4) is 5.69 Å². The lowest BCUT2D eigenvalue weighted by molar-refractivity contribution is -0.135. The Morgan fingerprint density at radius 2 is 1.73 bits per heavy atom. The lowest BCUT2D eigenvalue weighted by atomic mass is 9.96. The molecule has 33 heavy (non-hydrogen) atoms. The summed E-state index contributed by atoms with van der Waals surface area (Å²) in [6.07, 6.45) is 2.05. The molecular formula is C24H30N6O3. The molecule has 0 spiro atoms. The molecule has 1 saturated heterocycles. The second-order valence-corrected chi connectivity index (χ2v) is 8.83. The molecule has 9 nitrogen and oxygen atoms in total. The molecule has 0 aliphatic carbocycles. The Kier molecular flexibility index (Phi) is 6.31. The van der Waals surface area contributed by atoms with Gasteiger partial charge in [0, 0.05) is 32.0 Å². The highest BCUT2D eigenvalue weighted by atomic mass is 16.2. The lowest BCUT2D eigenvalue weighted by Gasteiger charge is -2.30. The maximum absolute atomic E-state index is 13.1. The van der Waals surface area contributed by atoms with Gasteiger partial charge in [0.25, 0.3) is 5.56 Å². The fourth-order valence-electron chi connectivity index (χ4n) is 4.52. The van der Waals surface area contributed by atoms with E-state index in [1.807, 2.05) is 45.0 Å². The van der Waals surface area contributed by atoms with Gasteiger partial charge in [-0.25, -0.2) is 9.36 Å². The summed E-state index contributed by atoms with van der Waals surface area (Å²) < 4.78 is 3.19. The number of nitrogens with two attached hydrogens (primary N) is 1. The van der Waals surface area contributed by atoms with E-state index < -0.39 is 0 Å². The Hall–Kier alpha value is -3.49. The van der Waals surface area contributed by atoms with Crippen LogP contribution in [0.2, 0.25) is 0 Å². The zero-order valence-electron chi connectivity index (χ0n) is 19.4. The Bertz CT molecular complexity index is 1250. The van der Waals surface area contributed by atoms with Crippen molar-refractivity contribution in [1.29, 1.82) is 0 Å². The van der Waals surface area contributed by atoms with Gasteiger partial charge < -0.3 is 10.6 Å². The van der Waals surface area contributed by atoms with E-state index in [9.17, 15) is 14.4 Å². The topological polar surface area (TPSA) is 116 Å². The van der Waals surface area contributed by atoms with Gasteiger partial charge in [-0.2, -0.15) is 10.2 Å². The number of nitrogens with zero attached hydrogens (tertiary/aromatic N) is 5. The van der Waals surface area contributed by atoms with E-state index in [4.69, 9.17) is 5.73 Å². The first-order valence-corrected chi connectivity index (χ1v) is 11.4. The first-order chi connectivity index (χ1) is 15.8. The zero-order chi connectivity index (χ0) is 23.7. The number of piperidine rings is 1. The number of primary amides is 1. The number of carbonyl (C=O) groups excluding carboxylic acids is 2. The lowest BCUT2D eigenvalue weighted by Crippen LogP contribution is -2.41. The van der Waals surface area contributed by atoms with Crippen molar-refractivity contribution in [1.82, 2.24) is 24.5 Å². The summed E-state index contributed by atoms with van der Waals surface area (Å²) in [5, 5.41) is 9.87. The molecule has 0 atom stereocenters. The summed E-state index contributed by atoms with van der Waals surface area (Å²) in [6.45, 7) is 7.28. The summed E-state index contributed by atoms with van der Waals surface area (Å²) >= 11 is 0. The largest absolute Gasteiger partial charge is 0.369 e. The van der Waals surface area contributed by atoms with Crippen LogP contribution < -0.4 is 11.3 Å². The highest BCUT2D eigenvalue weighted by Crippen LogP contribution is 2.22. The van der Waals surface area contributed by atoms with Crippen molar-refractivity contribution < 1.29 is 9.59 Å². The molecule has 1 fully saturated rings. The first-order valence-electron chi connectivity index (χ1n) is 11.4. The fourth-order valence-corrected chi connectivity index (χ4v) is 4.52. The smallest absolute Gasteiger partial charge is 0.295 e. The number of hydrogen-bond acceptors (Lipinski definition) is 5. The number of likely N-dealkylation sites (tertiary alicyclic amines) is 1. The van der Waals surface area contributed by atoms with E-state index >= 15 is 0 Å². The maximum Gasteiger partial charge on any atom is 0.295 e. The van der Waals surface area contributed by atoms with Gasteiger partial charge in [-0.05, 0) is 52.2 Å². The van der Waals surface area contributed by atoms with Crippen LogP contribution in [0.4, 0.5) is 0 Å². The van der Waals surface area contributed by atoms with Crippen LogP contribution >= 0.6 is 0 Å². The van der Waals surface area contributed by atoms with Crippen LogP contribution in [0.3, 0.4) is 0 Å². The standard InChI is InChI=1S/C24H30N6O3/c1-15-6-8-19(9-7-15)30-17(3)21-16(2)26-29(24(33)22(21)27-30)12-4-5-20(31)28-13-10-18(11-14-28)23(25)32/h6-9,18H,4-5,10-14H2,1-3H3,(H2,25,32). The number of amides is 2. The predicted octanol–water partition coefficient (Wildman–Crippen LogP) is 2.01. The Morgan fingerprint density at radius 1 is 1.06 bits per heavy atom. The first kappa shape index (κ1) is 22.7. The second-order valence-electron chi connectivity index (χ2n) is 8.83. The molecule has 1 aliphatic heterocycles. The number of aromatic nitrogens is 4. The zero-order valence-corrected chi connectivity index (χ0v) is 19.4. The van der Waals surface area contributed by atoms with Gasteiger partial charge >= 0.3 is 0 Å². The average Bonchev–Trinajstić information content (AvgIpc) is 3.15. The third kappa shape index (κ3) is 4.53. The molecule has 3 heterocycles. The van der Waals surface area contributed by atoms with Crippen molar-refractivity contribution in [2.45, 2.75) is 53.0 Å². The van der Waals surface area contributed by atoms with Crippen LogP contribution in [-0.4, -0.2) is 49.4 Å². The molecule has 0 saturated carbocycles. The predicted molar refractivity (Wildman–Crippen MR) is 125 cm³/mol. The summed E-state index contributed by atoms with van der Waals surface area (Å²) in [7, 11) is 0. The molecule has 1 aromatic carbocycles. The van der Waals surface area contributed by atoms with Crippen molar-refractivity contribution in [2.24, 2.45) is 11.7 Å². The maximum atomic E-state index is 13.1. The van der Waals surface area contributed by atoms with Crippen LogP contribution in [0, 0.1) is 26.7 Å². The van der Waals surface area contributed by atoms with Crippen LogP contribution in [0.1, 0.15) is 42.6 Å². The number of benzene rings is 1. The molecule has 2 amide bonds. The van der Waals surface area contributed by atoms with Crippen molar-refractivity contribution in [3.05, 3.63) is 51.6 Å². The van der Waals surface area contributed by atoms with E-state index in [1.54, 1.807) is 9.58 Å². The van der Waals surface area contributed by atoms with Crippen LogP contribution in [0.5, 0.6) is 0 Å². The van der Waals surface area contributed by atoms with Crippen molar-refractivity contribution in [3.63, 3.8) is 0 Å². The summed E-state index contributed by atoms with van der Waals surface area (Å²) in [6, 6.07) is 7.98. The number of carbonyl (C=O) groups is 2. The minimum Gasteiger partial charge on any atom is -0.369 e.